The van der Waals surface area contributed by atoms with Crippen LogP contribution in [0.2, 0.25) is 5.02 Å². The van der Waals surface area contributed by atoms with Gasteiger partial charge in [-0.05, 0) is 24.3 Å². The zero-order valence-electron chi connectivity index (χ0n) is 11.4. The molecule has 1 fully saturated rings. The molecular formula is C16H11ClN2O2S. The van der Waals surface area contributed by atoms with Crippen LogP contribution < -0.4 is 10.2 Å². The smallest absolute Gasteiger partial charge is 0.266 e. The first-order valence-corrected chi connectivity index (χ1v) is 8.13. The summed E-state index contributed by atoms with van der Waals surface area (Å²) in [5.41, 5.74) is 2.20. The SMILES string of the molecule is O=C1CS[C@]2(C(=O)Nc3ccccc32)N1c1cccc(Cl)c1. The second-order valence-corrected chi connectivity index (χ2v) is 6.75. The number of nitrogens with one attached hydrogen (secondary N) is 1. The van der Waals surface area contributed by atoms with E-state index in [4.69, 9.17) is 11.6 Å². The van der Waals surface area contributed by atoms with Crippen LogP contribution in [-0.4, -0.2) is 17.6 Å². The fourth-order valence-electron chi connectivity index (χ4n) is 2.99. The molecule has 4 nitrogen and oxygen atoms in total. The van der Waals surface area contributed by atoms with Crippen molar-refractivity contribution < 1.29 is 9.59 Å². The Balaban J connectivity index is 1.94. The minimum Gasteiger partial charge on any atom is -0.323 e. The van der Waals surface area contributed by atoms with Gasteiger partial charge in [0.1, 0.15) is 0 Å². The number of fused-ring (bicyclic) bond motifs is 2. The largest absolute Gasteiger partial charge is 0.323 e. The third-order valence-corrected chi connectivity index (χ3v) is 5.52. The molecule has 0 saturated carbocycles. The summed E-state index contributed by atoms with van der Waals surface area (Å²) >= 11 is 7.40. The number of rotatable bonds is 1. The standard InChI is InChI=1S/C16H11ClN2O2S/c17-10-4-3-5-11(8-10)19-14(20)9-22-16(19)12-6-1-2-7-13(12)18-15(16)21/h1-8H,9H2,(H,18,21)/t16-/m1/s1. The molecule has 2 amide bonds. The molecule has 0 radical (unpaired) electrons. The Labute approximate surface area is 136 Å². The number of amides is 2. The van der Waals surface area contributed by atoms with Gasteiger partial charge in [0.2, 0.25) is 10.8 Å². The number of benzene rings is 2. The summed E-state index contributed by atoms with van der Waals surface area (Å²) in [6, 6.07) is 14.5. The van der Waals surface area contributed by atoms with Crippen molar-refractivity contribution in [3.8, 4) is 0 Å². The van der Waals surface area contributed by atoms with Crippen LogP contribution in [0.4, 0.5) is 11.4 Å². The highest BCUT2D eigenvalue weighted by atomic mass is 35.5. The molecule has 1 spiro atoms. The van der Waals surface area contributed by atoms with Crippen LogP contribution in [0, 0.1) is 0 Å². The van der Waals surface area contributed by atoms with Gasteiger partial charge in [0, 0.05) is 22.0 Å². The average molecular weight is 331 g/mol. The molecule has 2 heterocycles. The molecule has 0 aliphatic carbocycles. The second kappa shape index (κ2) is 4.76. The summed E-state index contributed by atoms with van der Waals surface area (Å²) in [4.78, 5) is 25.7. The third kappa shape index (κ3) is 1.72. The van der Waals surface area contributed by atoms with Crippen molar-refractivity contribution in [3.63, 3.8) is 0 Å². The van der Waals surface area contributed by atoms with E-state index in [-0.39, 0.29) is 17.6 Å². The highest BCUT2D eigenvalue weighted by molar-refractivity contribution is 8.02. The maximum atomic E-state index is 12.7. The highest BCUT2D eigenvalue weighted by Crippen LogP contribution is 2.53. The predicted octanol–water partition coefficient (Wildman–Crippen LogP) is 3.22. The number of carbonyl (C=O) groups is 2. The Bertz CT molecular complexity index is 810. The van der Waals surface area contributed by atoms with Gasteiger partial charge in [0.25, 0.3) is 5.91 Å². The van der Waals surface area contributed by atoms with Gasteiger partial charge < -0.3 is 5.32 Å². The fourth-order valence-corrected chi connectivity index (χ4v) is 4.49. The van der Waals surface area contributed by atoms with Gasteiger partial charge in [0.05, 0.1) is 5.75 Å². The topological polar surface area (TPSA) is 49.4 Å². The van der Waals surface area contributed by atoms with Crippen LogP contribution in [-0.2, 0) is 14.5 Å². The Morgan fingerprint density at radius 3 is 2.77 bits per heavy atom. The Morgan fingerprint density at radius 2 is 1.95 bits per heavy atom. The maximum Gasteiger partial charge on any atom is 0.266 e. The zero-order chi connectivity index (χ0) is 15.3. The van der Waals surface area contributed by atoms with E-state index in [1.165, 1.54) is 11.8 Å². The number of nitrogens with zero attached hydrogens (tertiary/aromatic N) is 1. The number of anilines is 2. The average Bonchev–Trinajstić information content (AvgIpc) is 2.99. The van der Waals surface area contributed by atoms with E-state index >= 15 is 0 Å². The Morgan fingerprint density at radius 1 is 1.14 bits per heavy atom. The summed E-state index contributed by atoms with van der Waals surface area (Å²) in [7, 11) is 0. The third-order valence-electron chi connectivity index (χ3n) is 3.88. The van der Waals surface area contributed by atoms with E-state index < -0.39 is 4.87 Å². The first-order chi connectivity index (χ1) is 10.6. The van der Waals surface area contributed by atoms with Gasteiger partial charge in [-0.25, -0.2) is 0 Å². The number of carbonyl (C=O) groups excluding carboxylic acids is 2. The van der Waals surface area contributed by atoms with E-state index in [2.05, 4.69) is 5.32 Å². The normalized spacial score (nSPS) is 23.0. The highest BCUT2D eigenvalue weighted by Gasteiger charge is 2.58. The molecule has 1 saturated heterocycles. The monoisotopic (exact) mass is 330 g/mol. The van der Waals surface area contributed by atoms with Gasteiger partial charge in [0.15, 0.2) is 0 Å². The molecule has 6 heteroatoms. The van der Waals surface area contributed by atoms with Crippen molar-refractivity contribution in [2.75, 3.05) is 16.0 Å². The summed E-state index contributed by atoms with van der Waals surface area (Å²) in [6.07, 6.45) is 0. The molecule has 2 aromatic carbocycles. The summed E-state index contributed by atoms with van der Waals surface area (Å²) in [5.74, 6) is -0.0301. The van der Waals surface area contributed by atoms with Crippen LogP contribution in [0.25, 0.3) is 0 Å². The van der Waals surface area contributed by atoms with Gasteiger partial charge in [-0.3, -0.25) is 14.5 Å². The van der Waals surface area contributed by atoms with Crippen LogP contribution in [0.3, 0.4) is 0 Å². The van der Waals surface area contributed by atoms with Crippen LogP contribution in [0.5, 0.6) is 0 Å². The molecule has 110 valence electrons. The molecule has 2 aliphatic heterocycles. The molecule has 1 N–H and O–H groups in total. The lowest BCUT2D eigenvalue weighted by atomic mass is 10.0. The van der Waals surface area contributed by atoms with E-state index in [1.807, 2.05) is 24.3 Å². The zero-order valence-corrected chi connectivity index (χ0v) is 12.9. The number of hydrogen-bond donors (Lipinski definition) is 1. The maximum absolute atomic E-state index is 12.7. The lowest BCUT2D eigenvalue weighted by Gasteiger charge is -2.32. The summed E-state index contributed by atoms with van der Waals surface area (Å²) in [5, 5.41) is 3.41. The number of hydrogen-bond acceptors (Lipinski definition) is 3. The van der Waals surface area contributed by atoms with Gasteiger partial charge in [-0.1, -0.05) is 35.9 Å². The van der Waals surface area contributed by atoms with Crippen molar-refractivity contribution in [1.29, 1.82) is 0 Å². The molecule has 2 aliphatic rings. The lowest BCUT2D eigenvalue weighted by molar-refractivity contribution is -0.122. The molecule has 1 atom stereocenters. The lowest BCUT2D eigenvalue weighted by Crippen LogP contribution is -2.47. The van der Waals surface area contributed by atoms with Crippen molar-refractivity contribution in [2.45, 2.75) is 4.87 Å². The van der Waals surface area contributed by atoms with E-state index in [0.717, 1.165) is 11.3 Å². The first-order valence-electron chi connectivity index (χ1n) is 6.76. The molecule has 2 aromatic rings. The van der Waals surface area contributed by atoms with Crippen LogP contribution in [0.1, 0.15) is 5.56 Å². The molecule has 0 unspecified atom stereocenters. The number of thioether (sulfide) groups is 1. The van der Waals surface area contributed by atoms with Crippen molar-refractivity contribution in [3.05, 3.63) is 59.1 Å². The second-order valence-electron chi connectivity index (χ2n) is 5.14. The van der Waals surface area contributed by atoms with Crippen molar-refractivity contribution in [2.24, 2.45) is 0 Å². The predicted molar refractivity (Wildman–Crippen MR) is 88.1 cm³/mol. The van der Waals surface area contributed by atoms with Gasteiger partial charge in [-0.15, -0.1) is 11.8 Å². The Hall–Kier alpha value is -1.98. The quantitative estimate of drug-likeness (QED) is 0.873. The summed E-state index contributed by atoms with van der Waals surface area (Å²) < 4.78 is 0. The molecule has 4 rings (SSSR count). The van der Waals surface area contributed by atoms with Crippen LogP contribution >= 0.6 is 23.4 Å². The van der Waals surface area contributed by atoms with Crippen molar-refractivity contribution in [1.82, 2.24) is 0 Å². The molecule has 0 aromatic heterocycles. The Kier molecular flexibility index (Phi) is 2.96. The van der Waals surface area contributed by atoms with Gasteiger partial charge in [-0.2, -0.15) is 0 Å². The summed E-state index contributed by atoms with van der Waals surface area (Å²) in [6.45, 7) is 0. The van der Waals surface area contributed by atoms with Crippen LogP contribution in [0.15, 0.2) is 48.5 Å². The fraction of sp³-hybridized carbons (Fsp3) is 0.125. The van der Waals surface area contributed by atoms with E-state index in [0.29, 0.717) is 10.7 Å². The van der Waals surface area contributed by atoms with Crippen molar-refractivity contribution >= 4 is 46.6 Å². The number of para-hydroxylation sites is 1. The molecule has 0 bridgehead atoms. The molecule has 22 heavy (non-hydrogen) atoms. The minimum atomic E-state index is -1.04. The van der Waals surface area contributed by atoms with E-state index in [9.17, 15) is 9.59 Å². The van der Waals surface area contributed by atoms with Gasteiger partial charge >= 0.3 is 0 Å². The minimum absolute atomic E-state index is 0.0980. The van der Waals surface area contributed by atoms with E-state index in [1.54, 1.807) is 29.2 Å². The first kappa shape index (κ1) is 13.7. The number of halogens is 1. The molecular weight excluding hydrogens is 320 g/mol.